The van der Waals surface area contributed by atoms with E-state index in [0.717, 1.165) is 5.69 Å². The second-order valence-corrected chi connectivity index (χ2v) is 6.59. The average molecular weight is 344 g/mol. The average Bonchev–Trinajstić information content (AvgIpc) is 2.68. The Morgan fingerprint density at radius 1 is 0.962 bits per heavy atom. The Hall–Kier alpha value is -2.94. The summed E-state index contributed by atoms with van der Waals surface area (Å²) in [5.74, 6) is 0.170. The van der Waals surface area contributed by atoms with Crippen LogP contribution in [0.4, 0.5) is 0 Å². The molecule has 0 aliphatic rings. The van der Waals surface area contributed by atoms with Crippen LogP contribution in [-0.2, 0) is 11.3 Å². The minimum absolute atomic E-state index is 0.0519. The van der Waals surface area contributed by atoms with E-state index >= 15 is 0 Å². The molecule has 0 aliphatic heterocycles. The molecule has 1 aromatic heterocycles. The molecule has 0 spiro atoms. The molecule has 3 heteroatoms. The molecule has 0 saturated heterocycles. The summed E-state index contributed by atoms with van der Waals surface area (Å²) in [4.78, 5) is 19.0. The zero-order valence-electron chi connectivity index (χ0n) is 15.3. The van der Waals surface area contributed by atoms with Gasteiger partial charge in [0.25, 0.3) is 0 Å². The fourth-order valence-corrected chi connectivity index (χ4v) is 3.22. The van der Waals surface area contributed by atoms with Crippen LogP contribution in [0.1, 0.15) is 34.7 Å². The van der Waals surface area contributed by atoms with Crippen LogP contribution in [0.15, 0.2) is 79.0 Å². The van der Waals surface area contributed by atoms with Crippen molar-refractivity contribution in [3.63, 3.8) is 0 Å². The van der Waals surface area contributed by atoms with Gasteiger partial charge < -0.3 is 4.90 Å². The lowest BCUT2D eigenvalue weighted by atomic mass is 9.85. The Morgan fingerprint density at radius 3 is 2.35 bits per heavy atom. The summed E-state index contributed by atoms with van der Waals surface area (Å²) in [5.41, 5.74) is 4.48. The number of hydrogen-bond donors (Lipinski definition) is 0. The van der Waals surface area contributed by atoms with E-state index in [9.17, 15) is 4.79 Å². The number of pyridine rings is 1. The predicted octanol–water partition coefficient (Wildman–Crippen LogP) is 4.57. The lowest BCUT2D eigenvalue weighted by molar-refractivity contribution is -0.130. The van der Waals surface area contributed by atoms with Gasteiger partial charge in [-0.05, 0) is 35.7 Å². The Bertz CT molecular complexity index is 846. The summed E-state index contributed by atoms with van der Waals surface area (Å²) in [6.45, 7) is 2.63. The van der Waals surface area contributed by atoms with Gasteiger partial charge in [-0.1, -0.05) is 60.7 Å². The molecule has 132 valence electrons. The van der Waals surface area contributed by atoms with Crippen LogP contribution in [0.5, 0.6) is 0 Å². The van der Waals surface area contributed by atoms with E-state index < -0.39 is 0 Å². The normalized spacial score (nSPS) is 11.8. The first kappa shape index (κ1) is 17.9. The second-order valence-electron chi connectivity index (χ2n) is 6.59. The lowest BCUT2D eigenvalue weighted by Crippen LogP contribution is -2.28. The van der Waals surface area contributed by atoms with Crippen LogP contribution in [0.3, 0.4) is 0 Å². The number of rotatable bonds is 6. The van der Waals surface area contributed by atoms with Crippen molar-refractivity contribution in [2.24, 2.45) is 0 Å². The molecule has 2 aromatic carbocycles. The van der Waals surface area contributed by atoms with Gasteiger partial charge in [-0.3, -0.25) is 9.78 Å². The van der Waals surface area contributed by atoms with Crippen LogP contribution in [0.25, 0.3) is 0 Å². The fourth-order valence-electron chi connectivity index (χ4n) is 3.22. The topological polar surface area (TPSA) is 33.2 Å². The molecule has 0 saturated carbocycles. The molecule has 1 heterocycles. The predicted molar refractivity (Wildman–Crippen MR) is 105 cm³/mol. The number of nitrogens with zero attached hydrogens (tertiary/aromatic N) is 2. The van der Waals surface area contributed by atoms with E-state index in [1.165, 1.54) is 16.7 Å². The van der Waals surface area contributed by atoms with Gasteiger partial charge in [-0.25, -0.2) is 0 Å². The van der Waals surface area contributed by atoms with Crippen molar-refractivity contribution >= 4 is 5.91 Å². The molecular formula is C23H24N2O. The molecule has 3 rings (SSSR count). The molecule has 0 N–H and O–H groups in total. The van der Waals surface area contributed by atoms with E-state index in [1.54, 1.807) is 11.1 Å². The molecule has 0 bridgehead atoms. The largest absolute Gasteiger partial charge is 0.340 e. The Labute approximate surface area is 155 Å². The summed E-state index contributed by atoms with van der Waals surface area (Å²) in [7, 11) is 1.84. The summed E-state index contributed by atoms with van der Waals surface area (Å²) >= 11 is 0. The Balaban J connectivity index is 1.82. The molecule has 0 radical (unpaired) electrons. The molecule has 0 unspecified atom stereocenters. The molecule has 0 aliphatic carbocycles. The fraction of sp³-hybridized carbons (Fsp3) is 0.217. The van der Waals surface area contributed by atoms with Crippen molar-refractivity contribution < 1.29 is 4.79 Å². The summed E-state index contributed by atoms with van der Waals surface area (Å²) in [6, 6.07) is 24.4. The van der Waals surface area contributed by atoms with Gasteiger partial charge in [0.2, 0.25) is 5.91 Å². The van der Waals surface area contributed by atoms with E-state index in [1.807, 2.05) is 55.6 Å². The highest BCUT2D eigenvalue weighted by atomic mass is 16.2. The van der Waals surface area contributed by atoms with Crippen molar-refractivity contribution in [2.75, 3.05) is 7.05 Å². The van der Waals surface area contributed by atoms with Crippen LogP contribution < -0.4 is 0 Å². The van der Waals surface area contributed by atoms with Gasteiger partial charge in [0, 0.05) is 25.6 Å². The monoisotopic (exact) mass is 344 g/mol. The van der Waals surface area contributed by atoms with Gasteiger partial charge in [-0.2, -0.15) is 0 Å². The molecule has 1 amide bonds. The lowest BCUT2D eigenvalue weighted by Gasteiger charge is -2.23. The second kappa shape index (κ2) is 8.43. The first-order chi connectivity index (χ1) is 12.6. The first-order valence-electron chi connectivity index (χ1n) is 8.89. The van der Waals surface area contributed by atoms with E-state index in [0.29, 0.717) is 13.0 Å². The van der Waals surface area contributed by atoms with E-state index in [2.05, 4.69) is 36.2 Å². The number of amides is 1. The summed E-state index contributed by atoms with van der Waals surface area (Å²) in [5, 5.41) is 0. The molecule has 3 aromatic rings. The van der Waals surface area contributed by atoms with Crippen LogP contribution in [-0.4, -0.2) is 22.8 Å². The maximum atomic E-state index is 12.9. The van der Waals surface area contributed by atoms with Crippen molar-refractivity contribution in [3.8, 4) is 0 Å². The number of carbonyl (C=O) groups is 1. The minimum atomic E-state index is 0.0519. The van der Waals surface area contributed by atoms with Crippen molar-refractivity contribution in [2.45, 2.75) is 25.8 Å². The summed E-state index contributed by atoms with van der Waals surface area (Å²) in [6.07, 6.45) is 2.20. The Kier molecular flexibility index (Phi) is 5.80. The van der Waals surface area contributed by atoms with Crippen LogP contribution in [0, 0.1) is 6.92 Å². The minimum Gasteiger partial charge on any atom is -0.340 e. The van der Waals surface area contributed by atoms with Gasteiger partial charge in [0.15, 0.2) is 0 Å². The third kappa shape index (κ3) is 4.37. The van der Waals surface area contributed by atoms with Crippen LogP contribution in [0.2, 0.25) is 0 Å². The van der Waals surface area contributed by atoms with Gasteiger partial charge in [-0.15, -0.1) is 0 Å². The SMILES string of the molecule is Cc1ccccc1[C@H](CC(=O)N(C)Cc1ccccn1)c1ccccc1. The molecule has 26 heavy (non-hydrogen) atoms. The first-order valence-corrected chi connectivity index (χ1v) is 8.89. The number of aryl methyl sites for hydroxylation is 1. The highest BCUT2D eigenvalue weighted by molar-refractivity contribution is 5.77. The zero-order chi connectivity index (χ0) is 18.4. The standard InChI is InChI=1S/C23H24N2O/c1-18-10-6-7-14-21(18)22(19-11-4-3-5-12-19)16-23(26)25(2)17-20-13-8-9-15-24-20/h3-15,22H,16-17H2,1-2H3/t22-/m1/s1. The zero-order valence-corrected chi connectivity index (χ0v) is 15.3. The molecule has 1 atom stereocenters. The number of aromatic nitrogens is 1. The molecular weight excluding hydrogens is 320 g/mol. The highest BCUT2D eigenvalue weighted by Gasteiger charge is 2.21. The van der Waals surface area contributed by atoms with Crippen molar-refractivity contribution in [1.82, 2.24) is 9.88 Å². The van der Waals surface area contributed by atoms with Gasteiger partial charge in [0.1, 0.15) is 0 Å². The maximum Gasteiger partial charge on any atom is 0.223 e. The third-order valence-corrected chi connectivity index (χ3v) is 4.70. The van der Waals surface area contributed by atoms with Crippen LogP contribution >= 0.6 is 0 Å². The number of hydrogen-bond acceptors (Lipinski definition) is 2. The van der Waals surface area contributed by atoms with E-state index in [-0.39, 0.29) is 11.8 Å². The molecule has 3 nitrogen and oxygen atoms in total. The molecule has 0 fully saturated rings. The van der Waals surface area contributed by atoms with Crippen molar-refractivity contribution in [1.29, 1.82) is 0 Å². The Morgan fingerprint density at radius 2 is 1.65 bits per heavy atom. The quantitative estimate of drug-likeness (QED) is 0.656. The smallest absolute Gasteiger partial charge is 0.223 e. The maximum absolute atomic E-state index is 12.9. The third-order valence-electron chi connectivity index (χ3n) is 4.70. The number of benzene rings is 2. The van der Waals surface area contributed by atoms with Gasteiger partial charge >= 0.3 is 0 Å². The van der Waals surface area contributed by atoms with E-state index in [4.69, 9.17) is 0 Å². The number of carbonyl (C=O) groups excluding carboxylic acids is 1. The summed E-state index contributed by atoms with van der Waals surface area (Å²) < 4.78 is 0. The van der Waals surface area contributed by atoms with Crippen molar-refractivity contribution in [3.05, 3.63) is 101 Å². The van der Waals surface area contributed by atoms with Gasteiger partial charge in [0.05, 0.1) is 12.2 Å². The highest BCUT2D eigenvalue weighted by Crippen LogP contribution is 2.30.